The average Bonchev–Trinajstić information content (AvgIpc) is 2.55. The third-order valence-corrected chi connectivity index (χ3v) is 3.83. The van der Waals surface area contributed by atoms with Crippen molar-refractivity contribution in [1.82, 2.24) is 0 Å². The SMILES string of the molecule is Cc1cccc(C(=O)OCC(=O)Nc2ccc(N(C)C)cc2)c1C. The van der Waals surface area contributed by atoms with E-state index in [9.17, 15) is 9.59 Å². The number of esters is 1. The van der Waals surface area contributed by atoms with Gasteiger partial charge in [0, 0.05) is 25.5 Å². The van der Waals surface area contributed by atoms with Crippen LogP contribution in [0.3, 0.4) is 0 Å². The molecule has 0 saturated carbocycles. The summed E-state index contributed by atoms with van der Waals surface area (Å²) in [5.41, 5.74) is 4.05. The summed E-state index contributed by atoms with van der Waals surface area (Å²) in [6, 6.07) is 12.8. The molecule has 1 N–H and O–H groups in total. The van der Waals surface area contributed by atoms with Crippen LogP contribution in [0.2, 0.25) is 0 Å². The second-order valence-corrected chi connectivity index (χ2v) is 5.81. The Morgan fingerprint density at radius 1 is 1.04 bits per heavy atom. The normalized spacial score (nSPS) is 10.2. The number of hydrogen-bond acceptors (Lipinski definition) is 4. The molecule has 126 valence electrons. The van der Waals surface area contributed by atoms with E-state index in [0.29, 0.717) is 11.3 Å². The molecule has 2 rings (SSSR count). The molecule has 0 spiro atoms. The van der Waals surface area contributed by atoms with Crippen LogP contribution in [0.1, 0.15) is 21.5 Å². The zero-order valence-electron chi connectivity index (χ0n) is 14.4. The second-order valence-electron chi connectivity index (χ2n) is 5.81. The number of aryl methyl sites for hydroxylation is 1. The first-order chi connectivity index (χ1) is 11.4. The molecule has 24 heavy (non-hydrogen) atoms. The molecule has 0 saturated heterocycles. The first-order valence-corrected chi connectivity index (χ1v) is 7.69. The molecule has 0 unspecified atom stereocenters. The molecule has 0 fully saturated rings. The van der Waals surface area contributed by atoms with Gasteiger partial charge in [-0.3, -0.25) is 4.79 Å². The lowest BCUT2D eigenvalue weighted by atomic mass is 10.0. The summed E-state index contributed by atoms with van der Waals surface area (Å²) in [4.78, 5) is 26.0. The van der Waals surface area contributed by atoms with E-state index < -0.39 is 5.97 Å². The number of benzene rings is 2. The minimum atomic E-state index is -0.491. The van der Waals surface area contributed by atoms with Crippen molar-refractivity contribution < 1.29 is 14.3 Å². The van der Waals surface area contributed by atoms with E-state index >= 15 is 0 Å². The van der Waals surface area contributed by atoms with Crippen LogP contribution in [-0.4, -0.2) is 32.6 Å². The van der Waals surface area contributed by atoms with Crippen molar-refractivity contribution in [1.29, 1.82) is 0 Å². The number of ether oxygens (including phenoxy) is 1. The number of amides is 1. The molecule has 0 aromatic heterocycles. The summed E-state index contributed by atoms with van der Waals surface area (Å²) in [5.74, 6) is -0.861. The highest BCUT2D eigenvalue weighted by Crippen LogP contribution is 2.16. The van der Waals surface area contributed by atoms with Gasteiger partial charge in [-0.05, 0) is 55.3 Å². The average molecular weight is 326 g/mol. The van der Waals surface area contributed by atoms with E-state index in [-0.39, 0.29) is 12.5 Å². The Morgan fingerprint density at radius 2 is 1.71 bits per heavy atom. The van der Waals surface area contributed by atoms with Crippen LogP contribution in [0.4, 0.5) is 11.4 Å². The molecular formula is C19H22N2O3. The van der Waals surface area contributed by atoms with Gasteiger partial charge in [0.15, 0.2) is 6.61 Å². The highest BCUT2D eigenvalue weighted by atomic mass is 16.5. The van der Waals surface area contributed by atoms with Gasteiger partial charge in [0.05, 0.1) is 5.56 Å². The minimum Gasteiger partial charge on any atom is -0.452 e. The third-order valence-electron chi connectivity index (χ3n) is 3.83. The maximum atomic E-state index is 12.1. The maximum absolute atomic E-state index is 12.1. The van der Waals surface area contributed by atoms with Crippen molar-refractivity contribution in [2.45, 2.75) is 13.8 Å². The van der Waals surface area contributed by atoms with Crippen LogP contribution >= 0.6 is 0 Å². The quantitative estimate of drug-likeness (QED) is 0.858. The number of nitrogens with zero attached hydrogens (tertiary/aromatic N) is 1. The number of carbonyl (C=O) groups is 2. The number of nitrogens with one attached hydrogen (secondary N) is 1. The van der Waals surface area contributed by atoms with Crippen molar-refractivity contribution in [2.75, 3.05) is 30.9 Å². The van der Waals surface area contributed by atoms with Crippen molar-refractivity contribution in [3.8, 4) is 0 Å². The van der Waals surface area contributed by atoms with E-state index in [1.165, 1.54) is 0 Å². The first-order valence-electron chi connectivity index (χ1n) is 7.69. The van der Waals surface area contributed by atoms with E-state index in [2.05, 4.69) is 5.32 Å². The molecule has 0 heterocycles. The molecule has 2 aromatic carbocycles. The molecule has 5 nitrogen and oxygen atoms in total. The summed E-state index contributed by atoms with van der Waals surface area (Å²) >= 11 is 0. The fourth-order valence-corrected chi connectivity index (χ4v) is 2.22. The van der Waals surface area contributed by atoms with E-state index in [1.54, 1.807) is 24.3 Å². The molecule has 1 amide bonds. The number of hydrogen-bond donors (Lipinski definition) is 1. The van der Waals surface area contributed by atoms with Gasteiger partial charge < -0.3 is 15.0 Å². The molecule has 0 bridgehead atoms. The summed E-state index contributed by atoms with van der Waals surface area (Å²) in [6.45, 7) is 3.47. The number of rotatable bonds is 5. The standard InChI is InChI=1S/C19H22N2O3/c1-13-6-5-7-17(14(13)2)19(23)24-12-18(22)20-15-8-10-16(11-9-15)21(3)4/h5-11H,12H2,1-4H3,(H,20,22). The Bertz CT molecular complexity index is 737. The topological polar surface area (TPSA) is 58.6 Å². The van der Waals surface area contributed by atoms with Gasteiger partial charge in [-0.1, -0.05) is 12.1 Å². The third kappa shape index (κ3) is 4.35. The molecular weight excluding hydrogens is 304 g/mol. The predicted molar refractivity (Wildman–Crippen MR) is 95.6 cm³/mol. The smallest absolute Gasteiger partial charge is 0.338 e. The van der Waals surface area contributed by atoms with Crippen LogP contribution in [0.15, 0.2) is 42.5 Å². The molecule has 0 aliphatic heterocycles. The highest BCUT2D eigenvalue weighted by Gasteiger charge is 2.13. The Morgan fingerprint density at radius 3 is 2.33 bits per heavy atom. The van der Waals surface area contributed by atoms with Crippen molar-refractivity contribution in [3.05, 3.63) is 59.2 Å². The monoisotopic (exact) mass is 326 g/mol. The van der Waals surface area contributed by atoms with Crippen LogP contribution in [0.5, 0.6) is 0 Å². The number of carbonyl (C=O) groups excluding carboxylic acids is 2. The van der Waals surface area contributed by atoms with Crippen LogP contribution in [0, 0.1) is 13.8 Å². The molecule has 0 radical (unpaired) electrons. The lowest BCUT2D eigenvalue weighted by Gasteiger charge is -2.13. The molecule has 2 aromatic rings. The summed E-state index contributed by atoms with van der Waals surface area (Å²) in [7, 11) is 3.89. The van der Waals surface area contributed by atoms with Crippen molar-refractivity contribution in [3.63, 3.8) is 0 Å². The first kappa shape index (κ1) is 17.5. The molecule has 0 atom stereocenters. The van der Waals surface area contributed by atoms with Crippen molar-refractivity contribution >= 4 is 23.3 Å². The predicted octanol–water partition coefficient (Wildman–Crippen LogP) is 3.16. The van der Waals surface area contributed by atoms with Gasteiger partial charge in [0.25, 0.3) is 5.91 Å². The van der Waals surface area contributed by atoms with Crippen LogP contribution < -0.4 is 10.2 Å². The fourth-order valence-electron chi connectivity index (χ4n) is 2.22. The zero-order chi connectivity index (χ0) is 17.7. The lowest BCUT2D eigenvalue weighted by Crippen LogP contribution is -2.21. The van der Waals surface area contributed by atoms with Gasteiger partial charge in [-0.2, -0.15) is 0 Å². The van der Waals surface area contributed by atoms with Gasteiger partial charge in [0.2, 0.25) is 0 Å². The zero-order valence-corrected chi connectivity index (χ0v) is 14.4. The van der Waals surface area contributed by atoms with Gasteiger partial charge >= 0.3 is 5.97 Å². The highest BCUT2D eigenvalue weighted by molar-refractivity contribution is 5.96. The molecule has 5 heteroatoms. The van der Waals surface area contributed by atoms with E-state index in [0.717, 1.165) is 16.8 Å². The summed E-state index contributed by atoms with van der Waals surface area (Å²) in [6.07, 6.45) is 0. The van der Waals surface area contributed by atoms with Gasteiger partial charge in [-0.25, -0.2) is 4.79 Å². The Labute approximate surface area is 142 Å². The maximum Gasteiger partial charge on any atom is 0.338 e. The van der Waals surface area contributed by atoms with Crippen molar-refractivity contribution in [2.24, 2.45) is 0 Å². The lowest BCUT2D eigenvalue weighted by molar-refractivity contribution is -0.119. The minimum absolute atomic E-state index is 0.318. The summed E-state index contributed by atoms with van der Waals surface area (Å²) < 4.78 is 5.10. The summed E-state index contributed by atoms with van der Waals surface area (Å²) in [5, 5.41) is 2.71. The molecule has 0 aliphatic rings. The van der Waals surface area contributed by atoms with Crippen LogP contribution in [0.25, 0.3) is 0 Å². The van der Waals surface area contributed by atoms with Crippen LogP contribution in [-0.2, 0) is 9.53 Å². The van der Waals surface area contributed by atoms with Gasteiger partial charge in [0.1, 0.15) is 0 Å². The fraction of sp³-hybridized carbons (Fsp3) is 0.263. The number of anilines is 2. The molecule has 0 aliphatic carbocycles. The Balaban J connectivity index is 1.91. The van der Waals surface area contributed by atoms with Gasteiger partial charge in [-0.15, -0.1) is 0 Å². The second kappa shape index (κ2) is 7.64. The largest absolute Gasteiger partial charge is 0.452 e. The van der Waals surface area contributed by atoms with E-state index in [4.69, 9.17) is 4.74 Å². The van der Waals surface area contributed by atoms with E-state index in [1.807, 2.05) is 51.0 Å². The Kier molecular flexibility index (Phi) is 5.58. The Hall–Kier alpha value is -2.82.